The SMILES string of the molecule is CCCC(C)C(O)CSc1ccccc1. The number of hydrogen-bond acceptors (Lipinski definition) is 2. The van der Waals surface area contributed by atoms with E-state index in [1.807, 2.05) is 18.2 Å². The van der Waals surface area contributed by atoms with E-state index in [0.717, 1.165) is 18.6 Å². The van der Waals surface area contributed by atoms with E-state index in [0.29, 0.717) is 5.92 Å². The molecule has 0 aliphatic rings. The van der Waals surface area contributed by atoms with Gasteiger partial charge in [0, 0.05) is 10.6 Å². The van der Waals surface area contributed by atoms with E-state index in [1.165, 1.54) is 4.90 Å². The maximum atomic E-state index is 9.89. The molecule has 1 rings (SSSR count). The molecule has 0 amide bonds. The lowest BCUT2D eigenvalue weighted by molar-refractivity contribution is 0.134. The second kappa shape index (κ2) is 6.91. The Morgan fingerprint density at radius 1 is 1.27 bits per heavy atom. The van der Waals surface area contributed by atoms with Crippen LogP contribution in [0.2, 0.25) is 0 Å². The minimum Gasteiger partial charge on any atom is -0.392 e. The van der Waals surface area contributed by atoms with E-state index in [9.17, 15) is 5.11 Å². The summed E-state index contributed by atoms with van der Waals surface area (Å²) in [4.78, 5) is 1.24. The molecule has 1 aromatic carbocycles. The van der Waals surface area contributed by atoms with Crippen molar-refractivity contribution in [1.82, 2.24) is 0 Å². The van der Waals surface area contributed by atoms with E-state index in [-0.39, 0.29) is 6.10 Å². The molecule has 2 atom stereocenters. The van der Waals surface area contributed by atoms with Crippen molar-refractivity contribution in [2.45, 2.75) is 37.7 Å². The quantitative estimate of drug-likeness (QED) is 0.745. The first-order valence-corrected chi connectivity index (χ1v) is 6.58. The average molecular weight is 224 g/mol. The molecule has 0 fully saturated rings. The summed E-state index contributed by atoms with van der Waals surface area (Å²) < 4.78 is 0. The van der Waals surface area contributed by atoms with Gasteiger partial charge in [-0.1, -0.05) is 38.5 Å². The van der Waals surface area contributed by atoms with Gasteiger partial charge in [-0.25, -0.2) is 0 Å². The first kappa shape index (κ1) is 12.6. The number of aliphatic hydroxyl groups excluding tert-OH is 1. The smallest absolute Gasteiger partial charge is 0.0659 e. The fourth-order valence-electron chi connectivity index (χ4n) is 1.51. The Balaban J connectivity index is 2.31. The number of hydrogen-bond donors (Lipinski definition) is 1. The summed E-state index contributed by atoms with van der Waals surface area (Å²) in [5.41, 5.74) is 0. The third-order valence-electron chi connectivity index (χ3n) is 2.56. The Bertz CT molecular complexity index is 260. The first-order chi connectivity index (χ1) is 7.24. The van der Waals surface area contributed by atoms with Gasteiger partial charge in [0.1, 0.15) is 0 Å². The third kappa shape index (κ3) is 4.72. The molecule has 0 spiro atoms. The Labute approximate surface area is 96.9 Å². The van der Waals surface area contributed by atoms with E-state index in [2.05, 4.69) is 26.0 Å². The lowest BCUT2D eigenvalue weighted by Crippen LogP contribution is -2.19. The molecular formula is C13H20OS. The van der Waals surface area contributed by atoms with Gasteiger partial charge >= 0.3 is 0 Å². The third-order valence-corrected chi connectivity index (χ3v) is 3.68. The molecule has 1 nitrogen and oxygen atoms in total. The molecule has 0 heterocycles. The minimum absolute atomic E-state index is 0.185. The fraction of sp³-hybridized carbons (Fsp3) is 0.538. The topological polar surface area (TPSA) is 20.2 Å². The Kier molecular flexibility index (Phi) is 5.81. The molecule has 1 aromatic rings. The van der Waals surface area contributed by atoms with Crippen LogP contribution in [0.1, 0.15) is 26.7 Å². The number of benzene rings is 1. The van der Waals surface area contributed by atoms with Crippen LogP contribution in [0.15, 0.2) is 35.2 Å². The summed E-state index contributed by atoms with van der Waals surface area (Å²) in [5.74, 6) is 1.21. The normalized spacial score (nSPS) is 14.9. The van der Waals surface area contributed by atoms with Crippen LogP contribution in [0.5, 0.6) is 0 Å². The highest BCUT2D eigenvalue weighted by Gasteiger charge is 2.13. The van der Waals surface area contributed by atoms with Crippen LogP contribution >= 0.6 is 11.8 Å². The number of rotatable bonds is 6. The molecule has 0 saturated carbocycles. The van der Waals surface area contributed by atoms with Crippen LogP contribution in [0.4, 0.5) is 0 Å². The van der Waals surface area contributed by atoms with Crippen molar-refractivity contribution < 1.29 is 5.11 Å². The minimum atomic E-state index is -0.185. The van der Waals surface area contributed by atoms with Crippen LogP contribution in [0, 0.1) is 5.92 Å². The zero-order valence-corrected chi connectivity index (χ0v) is 10.3. The van der Waals surface area contributed by atoms with Crippen molar-refractivity contribution in [3.63, 3.8) is 0 Å². The predicted octanol–water partition coefficient (Wildman–Crippen LogP) is 3.58. The van der Waals surface area contributed by atoms with Gasteiger partial charge in [-0.2, -0.15) is 0 Å². The Hall–Kier alpha value is -0.470. The van der Waals surface area contributed by atoms with E-state index in [4.69, 9.17) is 0 Å². The lowest BCUT2D eigenvalue weighted by Gasteiger charge is -2.17. The summed E-state index contributed by atoms with van der Waals surface area (Å²) in [5, 5.41) is 9.89. The second-order valence-electron chi connectivity index (χ2n) is 3.96. The molecule has 0 radical (unpaired) electrons. The van der Waals surface area contributed by atoms with Crippen LogP contribution in [-0.4, -0.2) is 17.0 Å². The summed E-state index contributed by atoms with van der Waals surface area (Å²) in [6.07, 6.45) is 2.07. The number of aliphatic hydroxyl groups is 1. The van der Waals surface area contributed by atoms with Gasteiger partial charge < -0.3 is 5.11 Å². The van der Waals surface area contributed by atoms with Gasteiger partial charge in [0.15, 0.2) is 0 Å². The largest absolute Gasteiger partial charge is 0.392 e. The molecule has 84 valence electrons. The lowest BCUT2D eigenvalue weighted by atomic mass is 10.0. The summed E-state index contributed by atoms with van der Waals surface area (Å²) >= 11 is 1.73. The fourth-order valence-corrected chi connectivity index (χ4v) is 2.55. The molecule has 0 aliphatic heterocycles. The van der Waals surface area contributed by atoms with Gasteiger partial charge in [-0.3, -0.25) is 0 Å². The molecule has 15 heavy (non-hydrogen) atoms. The van der Waals surface area contributed by atoms with Gasteiger partial charge in [0.2, 0.25) is 0 Å². The zero-order valence-electron chi connectivity index (χ0n) is 9.52. The van der Waals surface area contributed by atoms with E-state index < -0.39 is 0 Å². The molecule has 2 unspecified atom stereocenters. The highest BCUT2D eigenvalue weighted by Crippen LogP contribution is 2.21. The van der Waals surface area contributed by atoms with E-state index in [1.54, 1.807) is 11.8 Å². The van der Waals surface area contributed by atoms with Crippen LogP contribution < -0.4 is 0 Å². The van der Waals surface area contributed by atoms with Crippen molar-refractivity contribution in [2.75, 3.05) is 5.75 Å². The van der Waals surface area contributed by atoms with Gasteiger partial charge in [0.25, 0.3) is 0 Å². The molecule has 0 aromatic heterocycles. The molecule has 2 heteroatoms. The molecule has 0 bridgehead atoms. The average Bonchev–Trinajstić information content (AvgIpc) is 2.27. The van der Waals surface area contributed by atoms with Gasteiger partial charge in [0.05, 0.1) is 6.10 Å². The predicted molar refractivity (Wildman–Crippen MR) is 67.2 cm³/mol. The van der Waals surface area contributed by atoms with Crippen molar-refractivity contribution in [2.24, 2.45) is 5.92 Å². The van der Waals surface area contributed by atoms with Crippen molar-refractivity contribution >= 4 is 11.8 Å². The highest BCUT2D eigenvalue weighted by atomic mass is 32.2. The standard InChI is InChI=1S/C13H20OS/c1-3-7-11(2)13(14)10-15-12-8-5-4-6-9-12/h4-6,8-9,11,13-14H,3,7,10H2,1-2H3. The van der Waals surface area contributed by atoms with Crippen LogP contribution in [-0.2, 0) is 0 Å². The van der Waals surface area contributed by atoms with Gasteiger partial charge in [-0.15, -0.1) is 11.8 Å². The van der Waals surface area contributed by atoms with Crippen LogP contribution in [0.25, 0.3) is 0 Å². The van der Waals surface area contributed by atoms with Crippen LogP contribution in [0.3, 0.4) is 0 Å². The maximum absolute atomic E-state index is 9.89. The monoisotopic (exact) mass is 224 g/mol. The summed E-state index contributed by atoms with van der Waals surface area (Å²) in [6, 6.07) is 10.2. The molecular weight excluding hydrogens is 204 g/mol. The van der Waals surface area contributed by atoms with E-state index >= 15 is 0 Å². The van der Waals surface area contributed by atoms with Crippen molar-refractivity contribution in [3.05, 3.63) is 30.3 Å². The van der Waals surface area contributed by atoms with Crippen molar-refractivity contribution in [1.29, 1.82) is 0 Å². The number of thioether (sulfide) groups is 1. The Morgan fingerprint density at radius 3 is 2.53 bits per heavy atom. The molecule has 1 N–H and O–H groups in total. The van der Waals surface area contributed by atoms with Gasteiger partial charge in [-0.05, 0) is 24.5 Å². The maximum Gasteiger partial charge on any atom is 0.0659 e. The highest BCUT2D eigenvalue weighted by molar-refractivity contribution is 7.99. The molecule has 0 saturated heterocycles. The first-order valence-electron chi connectivity index (χ1n) is 5.60. The summed E-state index contributed by atoms with van der Waals surface area (Å²) in [7, 11) is 0. The summed E-state index contributed by atoms with van der Waals surface area (Å²) in [6.45, 7) is 4.28. The molecule has 0 aliphatic carbocycles. The zero-order chi connectivity index (χ0) is 11.1. The Morgan fingerprint density at radius 2 is 1.93 bits per heavy atom. The van der Waals surface area contributed by atoms with Crippen molar-refractivity contribution in [3.8, 4) is 0 Å². The second-order valence-corrected chi connectivity index (χ2v) is 5.05.